The Hall–Kier alpha value is -3.22. The fourth-order valence-electron chi connectivity index (χ4n) is 3.55. The highest BCUT2D eigenvalue weighted by Crippen LogP contribution is 2.29. The van der Waals surface area contributed by atoms with Crippen molar-refractivity contribution in [1.82, 2.24) is 15.0 Å². The van der Waals surface area contributed by atoms with Crippen LogP contribution in [0.25, 0.3) is 0 Å². The second-order valence-electron chi connectivity index (χ2n) is 8.32. The summed E-state index contributed by atoms with van der Waals surface area (Å²) in [5.74, 6) is 0.666. The van der Waals surface area contributed by atoms with E-state index in [1.54, 1.807) is 12.1 Å². The number of fused-ring (bicyclic) bond motifs is 1. The third-order valence-electron chi connectivity index (χ3n) is 5.17. The zero-order valence-electron chi connectivity index (χ0n) is 16.9. The van der Waals surface area contributed by atoms with Gasteiger partial charge in [0.2, 0.25) is 5.95 Å². The minimum absolute atomic E-state index is 0.296. The molecule has 1 aliphatic heterocycles. The highest BCUT2D eigenvalue weighted by molar-refractivity contribution is 5.60. The minimum Gasteiger partial charge on any atom is -0.399 e. The predicted octanol–water partition coefficient (Wildman–Crippen LogP) is 4.20. The lowest BCUT2D eigenvalue weighted by Crippen LogP contribution is -2.31. The van der Waals surface area contributed by atoms with Crippen LogP contribution in [0, 0.1) is 5.95 Å². The van der Waals surface area contributed by atoms with Gasteiger partial charge in [-0.25, -0.2) is 15.0 Å². The molecule has 0 bridgehead atoms. The van der Waals surface area contributed by atoms with E-state index in [1.807, 2.05) is 45.0 Å². The van der Waals surface area contributed by atoms with Crippen LogP contribution in [-0.2, 0) is 18.4 Å². The van der Waals surface area contributed by atoms with Gasteiger partial charge in [0, 0.05) is 29.0 Å². The summed E-state index contributed by atoms with van der Waals surface area (Å²) in [7, 11) is 0. The molecule has 0 saturated carbocycles. The van der Waals surface area contributed by atoms with E-state index in [0.29, 0.717) is 23.7 Å². The van der Waals surface area contributed by atoms with Gasteiger partial charge in [0.15, 0.2) is 0 Å². The molecule has 6 nitrogen and oxygen atoms in total. The van der Waals surface area contributed by atoms with E-state index in [-0.39, 0.29) is 5.41 Å². The van der Waals surface area contributed by atoms with Crippen LogP contribution in [0.2, 0.25) is 0 Å². The first-order chi connectivity index (χ1) is 13.8. The number of aromatic nitrogens is 3. The number of anilines is 4. The van der Waals surface area contributed by atoms with Crippen LogP contribution in [0.1, 0.15) is 37.6 Å². The van der Waals surface area contributed by atoms with Crippen LogP contribution >= 0.6 is 0 Å². The summed E-state index contributed by atoms with van der Waals surface area (Å²) in [6.07, 6.45) is 2.32. The van der Waals surface area contributed by atoms with Crippen molar-refractivity contribution < 1.29 is 4.39 Å². The molecule has 1 aromatic carbocycles. The zero-order valence-corrected chi connectivity index (χ0v) is 16.9. The predicted molar refractivity (Wildman–Crippen MR) is 114 cm³/mol. The molecule has 7 heteroatoms. The first-order valence-corrected chi connectivity index (χ1v) is 9.68. The van der Waals surface area contributed by atoms with Gasteiger partial charge in [-0.05, 0) is 42.2 Å². The Morgan fingerprint density at radius 2 is 1.83 bits per heavy atom. The first-order valence-electron chi connectivity index (χ1n) is 9.68. The second-order valence-corrected chi connectivity index (χ2v) is 8.32. The van der Waals surface area contributed by atoms with Gasteiger partial charge in [0.25, 0.3) is 0 Å². The Morgan fingerprint density at radius 1 is 1.07 bits per heavy atom. The minimum atomic E-state index is -0.458. The number of nitrogen functional groups attached to an aromatic ring is 1. The monoisotopic (exact) mass is 392 g/mol. The third kappa shape index (κ3) is 3.99. The normalized spacial score (nSPS) is 13.9. The van der Waals surface area contributed by atoms with Gasteiger partial charge < -0.3 is 16.0 Å². The standard InChI is InChI=1S/C22H25FN6/c1-22(2,3)17-8-9-19(27-20(17)23)28-21-16-10-11-29(12-18(16)25-13-26-21)15-6-4-14(24)5-7-15/h4-9,13H,10-12,24H2,1-3H3,(H,25,26,27,28). The van der Waals surface area contributed by atoms with Crippen molar-refractivity contribution in [3.05, 3.63) is 65.5 Å². The number of hydrogen-bond donors (Lipinski definition) is 2. The van der Waals surface area contributed by atoms with Crippen LogP contribution < -0.4 is 16.0 Å². The van der Waals surface area contributed by atoms with Crippen molar-refractivity contribution in [2.75, 3.05) is 22.5 Å². The van der Waals surface area contributed by atoms with E-state index < -0.39 is 5.95 Å². The quantitative estimate of drug-likeness (QED) is 0.514. The number of nitrogens with one attached hydrogen (secondary N) is 1. The summed E-state index contributed by atoms with van der Waals surface area (Å²) in [5.41, 5.74) is 9.94. The van der Waals surface area contributed by atoms with Crippen molar-refractivity contribution >= 4 is 23.0 Å². The first kappa shape index (κ1) is 19.1. The molecule has 0 fully saturated rings. The van der Waals surface area contributed by atoms with Crippen LogP contribution in [0.5, 0.6) is 0 Å². The summed E-state index contributed by atoms with van der Waals surface area (Å²) in [5, 5.41) is 3.18. The third-order valence-corrected chi connectivity index (χ3v) is 5.17. The van der Waals surface area contributed by atoms with Gasteiger partial charge in [-0.15, -0.1) is 0 Å². The number of pyridine rings is 1. The molecule has 3 N–H and O–H groups in total. The smallest absolute Gasteiger partial charge is 0.218 e. The van der Waals surface area contributed by atoms with E-state index in [4.69, 9.17) is 5.73 Å². The van der Waals surface area contributed by atoms with E-state index >= 15 is 0 Å². The summed E-state index contributed by atoms with van der Waals surface area (Å²) < 4.78 is 14.5. The number of hydrogen-bond acceptors (Lipinski definition) is 6. The van der Waals surface area contributed by atoms with Crippen LogP contribution in [0.3, 0.4) is 0 Å². The molecule has 1 aliphatic rings. The van der Waals surface area contributed by atoms with Crippen LogP contribution in [0.15, 0.2) is 42.7 Å². The number of rotatable bonds is 3. The largest absolute Gasteiger partial charge is 0.399 e. The average Bonchev–Trinajstić information content (AvgIpc) is 2.67. The molecule has 0 saturated heterocycles. The lowest BCUT2D eigenvalue weighted by atomic mass is 9.88. The van der Waals surface area contributed by atoms with Crippen molar-refractivity contribution in [1.29, 1.82) is 0 Å². The van der Waals surface area contributed by atoms with Crippen molar-refractivity contribution in [2.24, 2.45) is 0 Å². The molecular weight excluding hydrogens is 367 g/mol. The Kier molecular flexibility index (Phi) is 4.82. The topological polar surface area (TPSA) is 80.0 Å². The van der Waals surface area contributed by atoms with E-state index in [2.05, 4.69) is 25.2 Å². The molecule has 150 valence electrons. The maximum Gasteiger partial charge on any atom is 0.218 e. The molecule has 3 heterocycles. The maximum atomic E-state index is 14.5. The summed E-state index contributed by atoms with van der Waals surface area (Å²) >= 11 is 0. The Balaban J connectivity index is 1.56. The van der Waals surface area contributed by atoms with E-state index in [9.17, 15) is 4.39 Å². The Morgan fingerprint density at radius 3 is 2.52 bits per heavy atom. The van der Waals surface area contributed by atoms with Gasteiger partial charge in [-0.1, -0.05) is 26.8 Å². The number of benzene rings is 1. The fraction of sp³-hybridized carbons (Fsp3) is 0.318. The molecule has 0 amide bonds. The zero-order chi connectivity index (χ0) is 20.6. The molecule has 0 atom stereocenters. The lowest BCUT2D eigenvalue weighted by Gasteiger charge is -2.30. The maximum absolute atomic E-state index is 14.5. The number of nitrogens with two attached hydrogens (primary N) is 1. The molecule has 4 rings (SSSR count). The van der Waals surface area contributed by atoms with Gasteiger partial charge >= 0.3 is 0 Å². The van der Waals surface area contributed by atoms with E-state index in [1.165, 1.54) is 6.33 Å². The molecule has 0 spiro atoms. The van der Waals surface area contributed by atoms with Gasteiger partial charge in [-0.2, -0.15) is 4.39 Å². The highest BCUT2D eigenvalue weighted by atomic mass is 19.1. The van der Waals surface area contributed by atoms with Crippen LogP contribution in [-0.4, -0.2) is 21.5 Å². The summed E-state index contributed by atoms with van der Waals surface area (Å²) in [6, 6.07) is 11.4. The molecular formula is C22H25FN6. The molecule has 0 unspecified atom stereocenters. The SMILES string of the molecule is CC(C)(C)c1ccc(Nc2ncnc3c2CCN(c2ccc(N)cc2)C3)nc1F. The lowest BCUT2D eigenvalue weighted by molar-refractivity contribution is 0.500. The molecule has 29 heavy (non-hydrogen) atoms. The highest BCUT2D eigenvalue weighted by Gasteiger charge is 2.23. The summed E-state index contributed by atoms with van der Waals surface area (Å²) in [6.45, 7) is 7.42. The number of halogens is 1. The van der Waals surface area contributed by atoms with Crippen LogP contribution in [0.4, 0.5) is 27.4 Å². The molecule has 3 aromatic rings. The Labute approximate surface area is 170 Å². The van der Waals surface area contributed by atoms with Crippen molar-refractivity contribution in [2.45, 2.75) is 39.2 Å². The second kappa shape index (κ2) is 7.31. The molecule has 0 aliphatic carbocycles. The fourth-order valence-corrected chi connectivity index (χ4v) is 3.55. The molecule has 0 radical (unpaired) electrons. The average molecular weight is 392 g/mol. The van der Waals surface area contributed by atoms with Gasteiger partial charge in [0.1, 0.15) is 18.0 Å². The number of nitrogens with zero attached hydrogens (tertiary/aromatic N) is 4. The Bertz CT molecular complexity index is 1030. The molecule has 2 aromatic heterocycles. The summed E-state index contributed by atoms with van der Waals surface area (Å²) in [4.78, 5) is 15.2. The van der Waals surface area contributed by atoms with E-state index in [0.717, 1.165) is 35.6 Å². The van der Waals surface area contributed by atoms with Crippen molar-refractivity contribution in [3.8, 4) is 0 Å². The van der Waals surface area contributed by atoms with Gasteiger partial charge in [-0.3, -0.25) is 0 Å². The van der Waals surface area contributed by atoms with Crippen molar-refractivity contribution in [3.63, 3.8) is 0 Å². The van der Waals surface area contributed by atoms with Gasteiger partial charge in [0.05, 0.1) is 12.2 Å².